The molecular formula is C24H27NO5. The van der Waals surface area contributed by atoms with Gasteiger partial charge in [-0.25, -0.2) is 4.79 Å². The van der Waals surface area contributed by atoms with Crippen molar-refractivity contribution in [2.45, 2.75) is 19.8 Å². The Bertz CT molecular complexity index is 941. The van der Waals surface area contributed by atoms with Crippen LogP contribution in [0.5, 0.6) is 11.5 Å². The van der Waals surface area contributed by atoms with E-state index < -0.39 is 5.97 Å². The number of carbonyl (C=O) groups is 2. The van der Waals surface area contributed by atoms with Gasteiger partial charge in [-0.1, -0.05) is 29.8 Å². The van der Waals surface area contributed by atoms with E-state index >= 15 is 0 Å². The van der Waals surface area contributed by atoms with Gasteiger partial charge in [0.25, 0.3) is 5.91 Å². The van der Waals surface area contributed by atoms with Crippen molar-refractivity contribution in [1.29, 1.82) is 0 Å². The lowest BCUT2D eigenvalue weighted by molar-refractivity contribution is 0.0596. The Morgan fingerprint density at radius 3 is 2.37 bits per heavy atom. The Morgan fingerprint density at radius 1 is 1.10 bits per heavy atom. The Hall–Kier alpha value is -3.28. The molecule has 1 saturated heterocycles. The maximum absolute atomic E-state index is 12.7. The molecule has 1 aliphatic rings. The molecule has 2 aromatic rings. The number of hydrogen-bond acceptors (Lipinski definition) is 5. The van der Waals surface area contributed by atoms with Crippen LogP contribution in [0.3, 0.4) is 0 Å². The van der Waals surface area contributed by atoms with Gasteiger partial charge in [0, 0.05) is 24.7 Å². The minimum Gasteiger partial charge on any atom is -0.507 e. The van der Waals surface area contributed by atoms with Crippen LogP contribution < -0.4 is 4.74 Å². The van der Waals surface area contributed by atoms with E-state index in [1.165, 1.54) is 20.3 Å². The first-order valence-electron chi connectivity index (χ1n) is 9.96. The zero-order chi connectivity index (χ0) is 21.7. The van der Waals surface area contributed by atoms with E-state index in [1.807, 2.05) is 48.2 Å². The van der Waals surface area contributed by atoms with E-state index in [0.29, 0.717) is 30.0 Å². The summed E-state index contributed by atoms with van der Waals surface area (Å²) in [4.78, 5) is 26.6. The normalized spacial score (nSPS) is 14.7. The molecule has 1 fully saturated rings. The lowest BCUT2D eigenvalue weighted by Gasteiger charge is -2.31. The first-order valence-corrected chi connectivity index (χ1v) is 9.96. The molecule has 0 atom stereocenters. The number of phenolic OH excluding ortho intramolecular Hbond substituents is 1. The molecule has 0 aliphatic carbocycles. The fourth-order valence-electron chi connectivity index (χ4n) is 3.61. The molecule has 3 rings (SSSR count). The van der Waals surface area contributed by atoms with E-state index in [1.54, 1.807) is 6.07 Å². The number of methoxy groups -OCH3 is 2. The zero-order valence-electron chi connectivity index (χ0n) is 17.6. The standard InChI is InChI=1S/C24H27NO5/c1-16-4-7-18(8-5-16)23(27)25-12-10-17(11-13-25)6-9-19-14-20(29-2)15-21(26)22(19)24(28)30-3/h4-9,14-15,17,26H,10-13H2,1-3H3. The number of benzene rings is 2. The summed E-state index contributed by atoms with van der Waals surface area (Å²) in [5.74, 6) is 0.0000291. The van der Waals surface area contributed by atoms with Gasteiger partial charge in [-0.2, -0.15) is 0 Å². The molecule has 1 heterocycles. The lowest BCUT2D eigenvalue weighted by atomic mass is 9.94. The van der Waals surface area contributed by atoms with Crippen molar-refractivity contribution in [2.24, 2.45) is 5.92 Å². The number of rotatable bonds is 5. The molecule has 0 aromatic heterocycles. The van der Waals surface area contributed by atoms with Gasteiger partial charge in [-0.3, -0.25) is 4.79 Å². The Kier molecular flexibility index (Phi) is 6.77. The van der Waals surface area contributed by atoms with Crippen LogP contribution in [0.25, 0.3) is 6.08 Å². The van der Waals surface area contributed by atoms with Gasteiger partial charge in [-0.05, 0) is 49.4 Å². The second kappa shape index (κ2) is 9.48. The predicted octanol–water partition coefficient (Wildman–Crippen LogP) is 4.06. The minimum absolute atomic E-state index is 0.0584. The molecule has 0 radical (unpaired) electrons. The van der Waals surface area contributed by atoms with Crippen LogP contribution in [-0.4, -0.2) is 49.2 Å². The van der Waals surface area contributed by atoms with Crippen molar-refractivity contribution >= 4 is 18.0 Å². The first kappa shape index (κ1) is 21.4. The number of hydrogen-bond donors (Lipinski definition) is 1. The summed E-state index contributed by atoms with van der Waals surface area (Å²) >= 11 is 0. The number of likely N-dealkylation sites (tertiary alicyclic amines) is 1. The molecule has 0 bridgehead atoms. The van der Waals surface area contributed by atoms with Crippen molar-refractivity contribution in [3.8, 4) is 11.5 Å². The molecule has 0 saturated carbocycles. The van der Waals surface area contributed by atoms with Crippen LogP contribution in [0.4, 0.5) is 0 Å². The quantitative estimate of drug-likeness (QED) is 0.754. The molecule has 2 aromatic carbocycles. The zero-order valence-corrected chi connectivity index (χ0v) is 17.6. The molecule has 0 spiro atoms. The number of esters is 1. The van der Waals surface area contributed by atoms with Gasteiger partial charge >= 0.3 is 5.97 Å². The van der Waals surface area contributed by atoms with Crippen LogP contribution in [0, 0.1) is 12.8 Å². The van der Waals surface area contributed by atoms with Gasteiger partial charge in [0.2, 0.25) is 0 Å². The molecule has 158 valence electrons. The fourth-order valence-corrected chi connectivity index (χ4v) is 3.61. The number of phenols is 1. The van der Waals surface area contributed by atoms with E-state index in [4.69, 9.17) is 9.47 Å². The number of nitrogens with zero attached hydrogens (tertiary/aromatic N) is 1. The number of allylic oxidation sites excluding steroid dienone is 1. The van der Waals surface area contributed by atoms with Crippen LogP contribution in [-0.2, 0) is 4.74 Å². The van der Waals surface area contributed by atoms with Crippen molar-refractivity contribution in [2.75, 3.05) is 27.3 Å². The highest BCUT2D eigenvalue weighted by Crippen LogP contribution is 2.30. The number of amides is 1. The lowest BCUT2D eigenvalue weighted by Crippen LogP contribution is -2.38. The summed E-state index contributed by atoms with van der Waals surface area (Å²) in [6.45, 7) is 3.35. The van der Waals surface area contributed by atoms with E-state index in [9.17, 15) is 14.7 Å². The molecule has 1 aliphatic heterocycles. The molecule has 1 N–H and O–H groups in total. The molecule has 6 nitrogen and oxygen atoms in total. The highest BCUT2D eigenvalue weighted by molar-refractivity contribution is 5.97. The van der Waals surface area contributed by atoms with Crippen molar-refractivity contribution < 1.29 is 24.2 Å². The second-order valence-corrected chi connectivity index (χ2v) is 7.46. The van der Waals surface area contributed by atoms with Crippen molar-refractivity contribution in [3.63, 3.8) is 0 Å². The summed E-state index contributed by atoms with van der Waals surface area (Å²) in [6.07, 6.45) is 5.50. The van der Waals surface area contributed by atoms with Gasteiger partial charge in [0.15, 0.2) is 0 Å². The minimum atomic E-state index is -0.603. The van der Waals surface area contributed by atoms with Gasteiger partial charge in [-0.15, -0.1) is 0 Å². The fraction of sp³-hybridized carbons (Fsp3) is 0.333. The number of ether oxygens (including phenoxy) is 2. The number of carbonyl (C=O) groups excluding carboxylic acids is 2. The number of aryl methyl sites for hydroxylation is 1. The third kappa shape index (κ3) is 4.82. The number of aromatic hydroxyl groups is 1. The molecule has 0 unspecified atom stereocenters. The Balaban J connectivity index is 1.69. The van der Waals surface area contributed by atoms with Gasteiger partial charge < -0.3 is 19.5 Å². The van der Waals surface area contributed by atoms with Crippen LogP contribution in [0.15, 0.2) is 42.5 Å². The smallest absolute Gasteiger partial charge is 0.342 e. The third-order valence-corrected chi connectivity index (χ3v) is 5.42. The van der Waals surface area contributed by atoms with Gasteiger partial charge in [0.1, 0.15) is 17.1 Å². The van der Waals surface area contributed by atoms with Crippen molar-refractivity contribution in [3.05, 3.63) is 64.7 Å². The third-order valence-electron chi connectivity index (χ3n) is 5.42. The van der Waals surface area contributed by atoms with E-state index in [-0.39, 0.29) is 23.1 Å². The first-order chi connectivity index (χ1) is 14.4. The summed E-state index contributed by atoms with van der Waals surface area (Å²) in [7, 11) is 2.78. The average molecular weight is 409 g/mol. The monoisotopic (exact) mass is 409 g/mol. The van der Waals surface area contributed by atoms with Crippen LogP contribution >= 0.6 is 0 Å². The highest BCUT2D eigenvalue weighted by Gasteiger charge is 2.23. The predicted molar refractivity (Wildman–Crippen MR) is 115 cm³/mol. The van der Waals surface area contributed by atoms with E-state index in [2.05, 4.69) is 0 Å². The SMILES string of the molecule is COC(=O)c1c(O)cc(OC)cc1C=CC1CCN(C(=O)c2ccc(C)cc2)CC1. The topological polar surface area (TPSA) is 76.1 Å². The molecule has 6 heteroatoms. The average Bonchev–Trinajstić information content (AvgIpc) is 2.77. The second-order valence-electron chi connectivity index (χ2n) is 7.46. The molecular weight excluding hydrogens is 382 g/mol. The van der Waals surface area contributed by atoms with Crippen LogP contribution in [0.1, 0.15) is 44.7 Å². The van der Waals surface area contributed by atoms with Gasteiger partial charge in [0.05, 0.1) is 14.2 Å². The van der Waals surface area contributed by atoms with E-state index in [0.717, 1.165) is 18.4 Å². The molecule has 30 heavy (non-hydrogen) atoms. The Labute approximate surface area is 176 Å². The highest BCUT2D eigenvalue weighted by atomic mass is 16.5. The Morgan fingerprint density at radius 2 is 1.77 bits per heavy atom. The maximum Gasteiger partial charge on any atom is 0.342 e. The van der Waals surface area contributed by atoms with Crippen molar-refractivity contribution in [1.82, 2.24) is 4.90 Å². The summed E-state index contributed by atoms with van der Waals surface area (Å²) < 4.78 is 9.99. The largest absolute Gasteiger partial charge is 0.507 e. The number of piperidine rings is 1. The summed E-state index contributed by atoms with van der Waals surface area (Å²) in [5, 5.41) is 10.2. The maximum atomic E-state index is 12.7. The van der Waals surface area contributed by atoms with Crippen LogP contribution in [0.2, 0.25) is 0 Å². The summed E-state index contributed by atoms with van der Waals surface area (Å²) in [6, 6.07) is 10.7. The summed E-state index contributed by atoms with van der Waals surface area (Å²) in [5.41, 5.74) is 2.49. The molecule has 1 amide bonds.